The Balaban J connectivity index is 1.36. The fraction of sp³-hybridized carbons (Fsp3) is 0.765. The van der Waals surface area contributed by atoms with Crippen LogP contribution in [0.2, 0.25) is 0 Å². The van der Waals surface area contributed by atoms with Crippen molar-refractivity contribution in [1.29, 1.82) is 0 Å². The van der Waals surface area contributed by atoms with E-state index in [1.54, 1.807) is 0 Å². The molecule has 0 aromatic carbocycles. The molecule has 1 aromatic heterocycles. The first kappa shape index (κ1) is 14.2. The van der Waals surface area contributed by atoms with Crippen LogP contribution in [0.4, 0.5) is 0 Å². The molecule has 0 spiro atoms. The number of fused-ring (bicyclic) bond motifs is 1. The Morgan fingerprint density at radius 1 is 1.19 bits per heavy atom. The molecule has 3 saturated heterocycles. The molecule has 4 rings (SSSR count). The molecule has 21 heavy (non-hydrogen) atoms. The summed E-state index contributed by atoms with van der Waals surface area (Å²) >= 11 is 1.81. The lowest BCUT2D eigenvalue weighted by atomic mass is 9.84. The van der Waals surface area contributed by atoms with Crippen LogP contribution in [0.3, 0.4) is 0 Å². The third-order valence-electron chi connectivity index (χ3n) is 5.52. The molecular weight excluding hydrogens is 280 g/mol. The predicted octanol–water partition coefficient (Wildman–Crippen LogP) is 2.68. The van der Waals surface area contributed by atoms with Crippen LogP contribution in [0.1, 0.15) is 24.8 Å². The third-order valence-corrected chi connectivity index (χ3v) is 6.25. The molecule has 0 amide bonds. The van der Waals surface area contributed by atoms with E-state index >= 15 is 0 Å². The van der Waals surface area contributed by atoms with Crippen molar-refractivity contribution in [3.8, 4) is 0 Å². The lowest BCUT2D eigenvalue weighted by Gasteiger charge is -2.36. The van der Waals surface area contributed by atoms with Gasteiger partial charge in [-0.05, 0) is 67.2 Å². The van der Waals surface area contributed by atoms with E-state index in [1.807, 2.05) is 11.3 Å². The Bertz CT molecular complexity index is 444. The minimum absolute atomic E-state index is 0.485. The number of ether oxygens (including phenoxy) is 1. The van der Waals surface area contributed by atoms with Gasteiger partial charge in [0.25, 0.3) is 0 Å². The van der Waals surface area contributed by atoms with Gasteiger partial charge >= 0.3 is 0 Å². The van der Waals surface area contributed by atoms with Crippen LogP contribution in [0.15, 0.2) is 16.8 Å². The van der Waals surface area contributed by atoms with Crippen molar-refractivity contribution in [2.45, 2.75) is 31.9 Å². The number of piperidine rings is 1. The lowest BCUT2D eigenvalue weighted by molar-refractivity contribution is 0.0485. The molecule has 0 unspecified atom stereocenters. The highest BCUT2D eigenvalue weighted by Gasteiger charge is 2.41. The first-order chi connectivity index (χ1) is 10.4. The smallest absolute Gasteiger partial charge is 0.0745 e. The van der Waals surface area contributed by atoms with Gasteiger partial charge < -0.3 is 9.64 Å². The van der Waals surface area contributed by atoms with E-state index in [4.69, 9.17) is 4.74 Å². The summed E-state index contributed by atoms with van der Waals surface area (Å²) in [5.74, 6) is 1.58. The van der Waals surface area contributed by atoms with Crippen molar-refractivity contribution in [2.24, 2.45) is 11.8 Å². The Hall–Kier alpha value is -0.420. The van der Waals surface area contributed by atoms with E-state index in [0.717, 1.165) is 25.0 Å². The molecule has 0 saturated carbocycles. The highest BCUT2D eigenvalue weighted by atomic mass is 32.1. The zero-order valence-corrected chi connectivity index (χ0v) is 13.6. The number of likely N-dealkylation sites (tertiary alicyclic amines) is 2. The zero-order valence-electron chi connectivity index (χ0n) is 12.7. The SMILES string of the molecule is c1cc(CN2CC[C@@H]3CO[C@@H](CN4CCCC4)[C@@H]3C2)cs1. The normalized spacial score (nSPS) is 34.4. The van der Waals surface area contributed by atoms with Crippen LogP contribution in [0.5, 0.6) is 0 Å². The minimum Gasteiger partial charge on any atom is -0.376 e. The van der Waals surface area contributed by atoms with E-state index in [-0.39, 0.29) is 0 Å². The summed E-state index contributed by atoms with van der Waals surface area (Å²) in [7, 11) is 0. The average molecular weight is 306 g/mol. The van der Waals surface area contributed by atoms with Gasteiger partial charge in [-0.3, -0.25) is 4.90 Å². The van der Waals surface area contributed by atoms with Gasteiger partial charge in [-0.1, -0.05) is 0 Å². The molecule has 3 fully saturated rings. The van der Waals surface area contributed by atoms with Crippen LogP contribution >= 0.6 is 11.3 Å². The van der Waals surface area contributed by atoms with Crippen molar-refractivity contribution in [3.63, 3.8) is 0 Å². The largest absolute Gasteiger partial charge is 0.376 e. The fourth-order valence-corrected chi connectivity index (χ4v) is 4.95. The highest BCUT2D eigenvalue weighted by Crippen LogP contribution is 2.35. The van der Waals surface area contributed by atoms with E-state index < -0.39 is 0 Å². The van der Waals surface area contributed by atoms with Gasteiger partial charge in [-0.2, -0.15) is 11.3 Å². The first-order valence-corrected chi connectivity index (χ1v) is 9.40. The Morgan fingerprint density at radius 2 is 2.10 bits per heavy atom. The molecule has 3 aliphatic rings. The van der Waals surface area contributed by atoms with Gasteiger partial charge in [-0.25, -0.2) is 0 Å². The lowest BCUT2D eigenvalue weighted by Crippen LogP contribution is -2.44. The third kappa shape index (κ3) is 3.19. The molecule has 3 nitrogen and oxygen atoms in total. The van der Waals surface area contributed by atoms with Crippen LogP contribution in [0.25, 0.3) is 0 Å². The van der Waals surface area contributed by atoms with E-state index in [9.17, 15) is 0 Å². The number of thiophene rings is 1. The number of hydrogen-bond acceptors (Lipinski definition) is 4. The van der Waals surface area contributed by atoms with E-state index in [1.165, 1.54) is 57.5 Å². The summed E-state index contributed by atoms with van der Waals surface area (Å²) < 4.78 is 6.18. The van der Waals surface area contributed by atoms with Gasteiger partial charge in [0.2, 0.25) is 0 Å². The van der Waals surface area contributed by atoms with Gasteiger partial charge in [0.1, 0.15) is 0 Å². The summed E-state index contributed by atoms with van der Waals surface area (Å²) in [6, 6.07) is 2.27. The molecule has 4 heterocycles. The molecule has 3 atom stereocenters. The Morgan fingerprint density at radius 3 is 2.90 bits per heavy atom. The second-order valence-corrected chi connectivity index (χ2v) is 7.74. The quantitative estimate of drug-likeness (QED) is 0.850. The zero-order chi connectivity index (χ0) is 14.1. The summed E-state index contributed by atoms with van der Waals surface area (Å²) in [5, 5.41) is 4.48. The van der Waals surface area contributed by atoms with Gasteiger partial charge in [0.15, 0.2) is 0 Å². The molecular formula is C17H26N2OS. The van der Waals surface area contributed by atoms with E-state index in [0.29, 0.717) is 6.10 Å². The maximum absolute atomic E-state index is 6.18. The molecule has 0 N–H and O–H groups in total. The summed E-state index contributed by atoms with van der Waals surface area (Å²) in [6.07, 6.45) is 4.57. The maximum Gasteiger partial charge on any atom is 0.0745 e. The number of nitrogens with zero attached hydrogens (tertiary/aromatic N) is 2. The van der Waals surface area contributed by atoms with Crippen molar-refractivity contribution < 1.29 is 4.74 Å². The second-order valence-electron chi connectivity index (χ2n) is 6.96. The van der Waals surface area contributed by atoms with Gasteiger partial charge in [0.05, 0.1) is 12.7 Å². The number of rotatable bonds is 4. The predicted molar refractivity (Wildman–Crippen MR) is 86.6 cm³/mol. The average Bonchev–Trinajstić information content (AvgIpc) is 3.22. The molecule has 0 radical (unpaired) electrons. The Labute approximate surface area is 131 Å². The number of hydrogen-bond donors (Lipinski definition) is 0. The molecule has 0 bridgehead atoms. The molecule has 4 heteroatoms. The van der Waals surface area contributed by atoms with Crippen LogP contribution in [0, 0.1) is 11.8 Å². The summed E-state index contributed by atoms with van der Waals surface area (Å²) in [6.45, 7) is 8.37. The topological polar surface area (TPSA) is 15.7 Å². The fourth-order valence-electron chi connectivity index (χ4n) is 4.29. The monoisotopic (exact) mass is 306 g/mol. The van der Waals surface area contributed by atoms with Crippen molar-refractivity contribution in [3.05, 3.63) is 22.4 Å². The van der Waals surface area contributed by atoms with Gasteiger partial charge in [0, 0.05) is 25.6 Å². The second kappa shape index (κ2) is 6.37. The highest BCUT2D eigenvalue weighted by molar-refractivity contribution is 7.07. The summed E-state index contributed by atoms with van der Waals surface area (Å²) in [5.41, 5.74) is 1.48. The molecule has 0 aliphatic carbocycles. The summed E-state index contributed by atoms with van der Waals surface area (Å²) in [4.78, 5) is 5.26. The molecule has 1 aromatic rings. The van der Waals surface area contributed by atoms with Crippen LogP contribution in [-0.2, 0) is 11.3 Å². The van der Waals surface area contributed by atoms with E-state index in [2.05, 4.69) is 26.6 Å². The van der Waals surface area contributed by atoms with Crippen molar-refractivity contribution in [2.75, 3.05) is 39.3 Å². The van der Waals surface area contributed by atoms with Crippen molar-refractivity contribution >= 4 is 11.3 Å². The van der Waals surface area contributed by atoms with Crippen LogP contribution < -0.4 is 0 Å². The standard InChI is InChI=1S/C17H26N2OS/c1-2-6-18(5-1)11-17-16-10-19(7-3-15(16)12-20-17)9-14-4-8-21-13-14/h4,8,13,15-17H,1-3,5-7,9-12H2/t15-,16-,17+/m1/s1. The van der Waals surface area contributed by atoms with Crippen molar-refractivity contribution in [1.82, 2.24) is 9.80 Å². The maximum atomic E-state index is 6.18. The minimum atomic E-state index is 0.485. The van der Waals surface area contributed by atoms with Crippen LogP contribution in [-0.4, -0.2) is 55.2 Å². The first-order valence-electron chi connectivity index (χ1n) is 8.46. The molecule has 116 valence electrons. The van der Waals surface area contributed by atoms with Gasteiger partial charge in [-0.15, -0.1) is 0 Å². The Kier molecular flexibility index (Phi) is 4.30. The molecule has 3 aliphatic heterocycles.